The fraction of sp³-hybridized carbons (Fsp3) is 0.273. The van der Waals surface area contributed by atoms with Gasteiger partial charge in [0, 0.05) is 23.6 Å². The Balaban J connectivity index is 2.53. The van der Waals surface area contributed by atoms with E-state index in [1.165, 1.54) is 0 Å². The number of nitrogens with one attached hydrogen (secondary N) is 2. The molecule has 0 radical (unpaired) electrons. The lowest BCUT2D eigenvalue weighted by Gasteiger charge is -2.08. The van der Waals surface area contributed by atoms with Crippen molar-refractivity contribution in [3.05, 3.63) is 28.8 Å². The van der Waals surface area contributed by atoms with Crippen molar-refractivity contribution in [1.82, 2.24) is 5.43 Å². The van der Waals surface area contributed by atoms with Crippen molar-refractivity contribution in [3.8, 4) is 0 Å². The van der Waals surface area contributed by atoms with Gasteiger partial charge in [-0.2, -0.15) is 0 Å². The standard InChI is InChI=1S/C11H14ClN3O2/c1-7-6-8(12)2-3-9(7)14-10(16)4-5-11(17)15-13/h2-3,6H,4-5,13H2,1H3,(H,14,16)(H,15,17). The summed E-state index contributed by atoms with van der Waals surface area (Å²) in [4.78, 5) is 22.4. The van der Waals surface area contributed by atoms with Crippen LogP contribution >= 0.6 is 11.6 Å². The van der Waals surface area contributed by atoms with Gasteiger partial charge in [-0.25, -0.2) is 5.84 Å². The molecule has 1 rings (SSSR count). The number of hydrogen-bond donors (Lipinski definition) is 3. The third kappa shape index (κ3) is 4.42. The molecule has 17 heavy (non-hydrogen) atoms. The number of nitrogens with two attached hydrogens (primary N) is 1. The Bertz CT molecular complexity index is 435. The van der Waals surface area contributed by atoms with E-state index in [2.05, 4.69) is 5.32 Å². The Morgan fingerprint density at radius 3 is 2.53 bits per heavy atom. The maximum Gasteiger partial charge on any atom is 0.234 e. The molecule has 92 valence electrons. The summed E-state index contributed by atoms with van der Waals surface area (Å²) < 4.78 is 0. The number of carbonyl (C=O) groups excluding carboxylic acids is 2. The van der Waals surface area contributed by atoms with Gasteiger partial charge in [0.25, 0.3) is 0 Å². The van der Waals surface area contributed by atoms with E-state index in [9.17, 15) is 9.59 Å². The highest BCUT2D eigenvalue weighted by molar-refractivity contribution is 6.30. The molecule has 0 atom stereocenters. The molecule has 1 aromatic rings. The average Bonchev–Trinajstić information content (AvgIpc) is 2.29. The van der Waals surface area contributed by atoms with Gasteiger partial charge >= 0.3 is 0 Å². The molecule has 4 N–H and O–H groups in total. The van der Waals surface area contributed by atoms with Crippen molar-refractivity contribution in [3.63, 3.8) is 0 Å². The lowest BCUT2D eigenvalue weighted by Crippen LogP contribution is -2.30. The van der Waals surface area contributed by atoms with E-state index in [4.69, 9.17) is 17.4 Å². The summed E-state index contributed by atoms with van der Waals surface area (Å²) in [6, 6.07) is 5.17. The molecule has 0 aliphatic heterocycles. The molecule has 0 unspecified atom stereocenters. The van der Waals surface area contributed by atoms with E-state index in [-0.39, 0.29) is 24.7 Å². The molecule has 0 aliphatic carbocycles. The number of hydrogen-bond acceptors (Lipinski definition) is 3. The fourth-order valence-electron chi connectivity index (χ4n) is 1.28. The molecule has 0 aliphatic rings. The van der Waals surface area contributed by atoms with Gasteiger partial charge in [-0.15, -0.1) is 0 Å². The Kier molecular flexibility index (Phi) is 4.93. The Labute approximate surface area is 104 Å². The summed E-state index contributed by atoms with van der Waals surface area (Å²) in [5, 5.41) is 3.31. The van der Waals surface area contributed by atoms with Crippen LogP contribution in [0.3, 0.4) is 0 Å². The summed E-state index contributed by atoms with van der Waals surface area (Å²) in [6.07, 6.45) is 0.153. The van der Waals surface area contributed by atoms with E-state index >= 15 is 0 Å². The average molecular weight is 256 g/mol. The number of halogens is 1. The third-order valence-electron chi connectivity index (χ3n) is 2.20. The number of aryl methyl sites for hydroxylation is 1. The number of rotatable bonds is 4. The lowest BCUT2D eigenvalue weighted by molar-refractivity contribution is -0.124. The Morgan fingerprint density at radius 2 is 1.94 bits per heavy atom. The van der Waals surface area contributed by atoms with Gasteiger partial charge in [-0.1, -0.05) is 11.6 Å². The molecule has 0 heterocycles. The van der Waals surface area contributed by atoms with Crippen LogP contribution in [0, 0.1) is 6.92 Å². The van der Waals surface area contributed by atoms with Crippen LogP contribution in [-0.4, -0.2) is 11.8 Å². The van der Waals surface area contributed by atoms with Crippen molar-refractivity contribution in [2.24, 2.45) is 5.84 Å². The number of hydrazine groups is 1. The van der Waals surface area contributed by atoms with Gasteiger partial charge in [0.15, 0.2) is 0 Å². The molecule has 6 heteroatoms. The highest BCUT2D eigenvalue weighted by atomic mass is 35.5. The zero-order valence-electron chi connectivity index (χ0n) is 9.42. The van der Waals surface area contributed by atoms with E-state index in [1.54, 1.807) is 18.2 Å². The van der Waals surface area contributed by atoms with Crippen LogP contribution in [0.1, 0.15) is 18.4 Å². The zero-order chi connectivity index (χ0) is 12.8. The molecule has 2 amide bonds. The maximum atomic E-state index is 11.5. The number of benzene rings is 1. The SMILES string of the molecule is Cc1cc(Cl)ccc1NC(=O)CCC(=O)NN. The summed E-state index contributed by atoms with van der Waals surface area (Å²) in [7, 11) is 0. The molecule has 0 bridgehead atoms. The third-order valence-corrected chi connectivity index (χ3v) is 2.44. The van der Waals surface area contributed by atoms with Gasteiger partial charge in [-0.3, -0.25) is 15.0 Å². The second-order valence-electron chi connectivity index (χ2n) is 3.57. The van der Waals surface area contributed by atoms with Gasteiger partial charge in [0.1, 0.15) is 0 Å². The smallest absolute Gasteiger partial charge is 0.234 e. The number of amides is 2. The second-order valence-corrected chi connectivity index (χ2v) is 4.01. The van der Waals surface area contributed by atoms with Crippen molar-refractivity contribution < 1.29 is 9.59 Å². The van der Waals surface area contributed by atoms with Crippen LogP contribution in [-0.2, 0) is 9.59 Å². The lowest BCUT2D eigenvalue weighted by atomic mass is 10.2. The zero-order valence-corrected chi connectivity index (χ0v) is 10.2. The van der Waals surface area contributed by atoms with Crippen LogP contribution < -0.4 is 16.6 Å². The molecule has 1 aromatic carbocycles. The molecule has 0 aromatic heterocycles. The molecule has 0 saturated heterocycles. The van der Waals surface area contributed by atoms with E-state index in [1.807, 2.05) is 12.3 Å². The van der Waals surface area contributed by atoms with Crippen molar-refractivity contribution in [2.45, 2.75) is 19.8 Å². The summed E-state index contributed by atoms with van der Waals surface area (Å²) in [6.45, 7) is 1.84. The maximum absolute atomic E-state index is 11.5. The molecular formula is C11H14ClN3O2. The predicted octanol–water partition coefficient (Wildman–Crippen LogP) is 1.36. The van der Waals surface area contributed by atoms with Crippen LogP contribution in [0.4, 0.5) is 5.69 Å². The fourth-order valence-corrected chi connectivity index (χ4v) is 1.51. The van der Waals surface area contributed by atoms with Gasteiger partial charge in [0.05, 0.1) is 0 Å². The normalized spacial score (nSPS) is 9.82. The first-order valence-electron chi connectivity index (χ1n) is 5.08. The van der Waals surface area contributed by atoms with E-state index in [0.717, 1.165) is 5.56 Å². The minimum absolute atomic E-state index is 0.0645. The van der Waals surface area contributed by atoms with E-state index < -0.39 is 0 Å². The highest BCUT2D eigenvalue weighted by Crippen LogP contribution is 2.19. The monoisotopic (exact) mass is 255 g/mol. The summed E-state index contributed by atoms with van der Waals surface area (Å²) in [5.41, 5.74) is 3.52. The van der Waals surface area contributed by atoms with Gasteiger partial charge < -0.3 is 5.32 Å². The van der Waals surface area contributed by atoms with Crippen LogP contribution in [0.25, 0.3) is 0 Å². The van der Waals surface area contributed by atoms with E-state index in [0.29, 0.717) is 10.7 Å². The van der Waals surface area contributed by atoms with Crippen molar-refractivity contribution in [2.75, 3.05) is 5.32 Å². The quantitative estimate of drug-likeness (QED) is 0.431. The minimum atomic E-state index is -0.368. The van der Waals surface area contributed by atoms with Crippen LogP contribution in [0.15, 0.2) is 18.2 Å². The minimum Gasteiger partial charge on any atom is -0.326 e. The first-order chi connectivity index (χ1) is 8.02. The molecule has 5 nitrogen and oxygen atoms in total. The van der Waals surface area contributed by atoms with Gasteiger partial charge in [-0.05, 0) is 30.7 Å². The Hall–Kier alpha value is -1.59. The van der Waals surface area contributed by atoms with Gasteiger partial charge in [0.2, 0.25) is 11.8 Å². The first-order valence-corrected chi connectivity index (χ1v) is 5.46. The van der Waals surface area contributed by atoms with Crippen molar-refractivity contribution in [1.29, 1.82) is 0 Å². The number of anilines is 1. The molecular weight excluding hydrogens is 242 g/mol. The van der Waals surface area contributed by atoms with Crippen LogP contribution in [0.5, 0.6) is 0 Å². The number of carbonyl (C=O) groups is 2. The summed E-state index contributed by atoms with van der Waals surface area (Å²) >= 11 is 5.80. The molecule has 0 fully saturated rings. The van der Waals surface area contributed by atoms with Crippen LogP contribution in [0.2, 0.25) is 5.02 Å². The largest absolute Gasteiger partial charge is 0.326 e. The van der Waals surface area contributed by atoms with Crippen molar-refractivity contribution >= 4 is 29.1 Å². The predicted molar refractivity (Wildman–Crippen MR) is 66.4 cm³/mol. The molecule has 0 saturated carbocycles. The topological polar surface area (TPSA) is 84.2 Å². The highest BCUT2D eigenvalue weighted by Gasteiger charge is 2.07. The molecule has 0 spiro atoms. The second kappa shape index (κ2) is 6.22. The first kappa shape index (κ1) is 13.5. The Morgan fingerprint density at radius 1 is 1.29 bits per heavy atom. The summed E-state index contributed by atoms with van der Waals surface area (Å²) in [5.74, 6) is 4.30.